The third-order valence-electron chi connectivity index (χ3n) is 2.40. The Morgan fingerprint density at radius 2 is 1.81 bits per heavy atom. The second-order valence-corrected chi connectivity index (χ2v) is 5.71. The molecule has 2 rings (SSSR count). The predicted octanol–water partition coefficient (Wildman–Crippen LogP) is 3.31. The molecule has 0 amide bonds. The van der Waals surface area contributed by atoms with E-state index in [0.29, 0.717) is 0 Å². The summed E-state index contributed by atoms with van der Waals surface area (Å²) in [6, 6.07) is 10.2. The summed E-state index contributed by atoms with van der Waals surface area (Å²) < 4.78 is 0. The lowest BCUT2D eigenvalue weighted by atomic mass is 10.1. The minimum Gasteiger partial charge on any atom is -0.320 e. The van der Waals surface area contributed by atoms with E-state index >= 15 is 0 Å². The number of benzene rings is 1. The highest BCUT2D eigenvalue weighted by molar-refractivity contribution is 7.12. The molecule has 1 heterocycles. The van der Waals surface area contributed by atoms with Crippen molar-refractivity contribution in [1.82, 2.24) is 4.98 Å². The van der Waals surface area contributed by atoms with Gasteiger partial charge in [-0.25, -0.2) is 4.98 Å². The molecule has 1 aromatic carbocycles. The Morgan fingerprint density at radius 3 is 2.31 bits per heavy atom. The van der Waals surface area contributed by atoms with Gasteiger partial charge < -0.3 is 5.73 Å². The van der Waals surface area contributed by atoms with Crippen molar-refractivity contribution in [3.63, 3.8) is 0 Å². The number of nitrogens with zero attached hydrogens (tertiary/aromatic N) is 1. The standard InChI is InChI=1S/C13H16N2S/c1-9-11(10-7-5-4-6-8-10)15-12(16-9)13(2,3)14/h4-8H,14H2,1-3H3. The summed E-state index contributed by atoms with van der Waals surface area (Å²) in [5.41, 5.74) is 7.92. The van der Waals surface area contributed by atoms with Gasteiger partial charge in [-0.15, -0.1) is 11.3 Å². The molecule has 1 aromatic heterocycles. The number of aromatic nitrogens is 1. The Morgan fingerprint density at radius 1 is 1.19 bits per heavy atom. The van der Waals surface area contributed by atoms with Gasteiger partial charge in [-0.05, 0) is 20.8 Å². The van der Waals surface area contributed by atoms with Gasteiger partial charge in [0.2, 0.25) is 0 Å². The normalized spacial score (nSPS) is 11.8. The van der Waals surface area contributed by atoms with Crippen molar-refractivity contribution < 1.29 is 0 Å². The summed E-state index contributed by atoms with van der Waals surface area (Å²) in [5.74, 6) is 0. The molecule has 0 atom stereocenters. The molecule has 2 aromatic rings. The van der Waals surface area contributed by atoms with Crippen LogP contribution in [0.15, 0.2) is 30.3 Å². The van der Waals surface area contributed by atoms with Crippen molar-refractivity contribution in [1.29, 1.82) is 0 Å². The van der Waals surface area contributed by atoms with Crippen molar-refractivity contribution in [2.45, 2.75) is 26.3 Å². The zero-order chi connectivity index (χ0) is 11.8. The molecule has 0 aliphatic heterocycles. The Bertz CT molecular complexity index is 480. The van der Waals surface area contributed by atoms with Crippen molar-refractivity contribution in [2.24, 2.45) is 5.73 Å². The summed E-state index contributed by atoms with van der Waals surface area (Å²) in [6.07, 6.45) is 0. The molecule has 0 bridgehead atoms. The zero-order valence-corrected chi connectivity index (χ0v) is 10.6. The fourth-order valence-corrected chi connectivity index (χ4v) is 2.49. The molecule has 0 aliphatic rings. The Hall–Kier alpha value is -1.19. The van der Waals surface area contributed by atoms with E-state index in [1.54, 1.807) is 11.3 Å². The highest BCUT2D eigenvalue weighted by atomic mass is 32.1. The molecule has 16 heavy (non-hydrogen) atoms. The summed E-state index contributed by atoms with van der Waals surface area (Å²) in [6.45, 7) is 6.06. The molecular weight excluding hydrogens is 216 g/mol. The van der Waals surface area contributed by atoms with Crippen molar-refractivity contribution in [3.8, 4) is 11.3 Å². The van der Waals surface area contributed by atoms with E-state index in [4.69, 9.17) is 5.73 Å². The molecule has 0 unspecified atom stereocenters. The number of hydrogen-bond acceptors (Lipinski definition) is 3. The van der Waals surface area contributed by atoms with E-state index < -0.39 is 0 Å². The number of aryl methyl sites for hydroxylation is 1. The third-order valence-corrected chi connectivity index (χ3v) is 3.71. The van der Waals surface area contributed by atoms with Gasteiger partial charge in [-0.3, -0.25) is 0 Å². The monoisotopic (exact) mass is 232 g/mol. The first kappa shape index (κ1) is 11.3. The summed E-state index contributed by atoms with van der Waals surface area (Å²) in [4.78, 5) is 5.87. The number of rotatable bonds is 2. The molecule has 0 spiro atoms. The number of thiazole rings is 1. The van der Waals surface area contributed by atoms with Crippen LogP contribution in [0, 0.1) is 6.92 Å². The number of hydrogen-bond donors (Lipinski definition) is 1. The van der Waals surface area contributed by atoms with E-state index in [2.05, 4.69) is 24.0 Å². The summed E-state index contributed by atoms with van der Waals surface area (Å²) in [7, 11) is 0. The van der Waals surface area contributed by atoms with Crippen molar-refractivity contribution in [2.75, 3.05) is 0 Å². The fraction of sp³-hybridized carbons (Fsp3) is 0.308. The SMILES string of the molecule is Cc1sc(C(C)(C)N)nc1-c1ccccc1. The van der Waals surface area contributed by atoms with Crippen LogP contribution < -0.4 is 5.73 Å². The van der Waals surface area contributed by atoms with Crippen LogP contribution in [0.2, 0.25) is 0 Å². The molecule has 2 nitrogen and oxygen atoms in total. The predicted molar refractivity (Wildman–Crippen MR) is 69.5 cm³/mol. The van der Waals surface area contributed by atoms with Crippen molar-refractivity contribution in [3.05, 3.63) is 40.2 Å². The maximum atomic E-state index is 6.06. The van der Waals surface area contributed by atoms with Gasteiger partial charge in [-0.2, -0.15) is 0 Å². The minimum absolute atomic E-state index is 0.359. The Kier molecular flexibility index (Phi) is 2.82. The smallest absolute Gasteiger partial charge is 0.113 e. The van der Waals surface area contributed by atoms with Gasteiger partial charge in [0.25, 0.3) is 0 Å². The lowest BCUT2D eigenvalue weighted by molar-refractivity contribution is 0.551. The second kappa shape index (κ2) is 4.00. The average Bonchev–Trinajstić information content (AvgIpc) is 2.61. The molecule has 0 saturated carbocycles. The van der Waals surface area contributed by atoms with Crippen LogP contribution in [-0.4, -0.2) is 4.98 Å². The quantitative estimate of drug-likeness (QED) is 0.862. The highest BCUT2D eigenvalue weighted by Crippen LogP contribution is 2.31. The lowest BCUT2D eigenvalue weighted by Crippen LogP contribution is -2.28. The van der Waals surface area contributed by atoms with E-state index in [-0.39, 0.29) is 5.54 Å². The maximum absolute atomic E-state index is 6.06. The molecule has 2 N–H and O–H groups in total. The largest absolute Gasteiger partial charge is 0.320 e. The molecule has 0 saturated heterocycles. The molecule has 0 radical (unpaired) electrons. The van der Waals surface area contributed by atoms with E-state index in [1.807, 2.05) is 32.0 Å². The zero-order valence-electron chi connectivity index (χ0n) is 9.82. The van der Waals surface area contributed by atoms with E-state index in [1.165, 1.54) is 4.88 Å². The van der Waals surface area contributed by atoms with Gasteiger partial charge in [0.15, 0.2) is 0 Å². The first-order valence-corrected chi connectivity index (χ1v) is 6.12. The molecule has 0 aliphatic carbocycles. The van der Waals surface area contributed by atoms with Crippen LogP contribution in [0.25, 0.3) is 11.3 Å². The van der Waals surface area contributed by atoms with E-state index in [9.17, 15) is 0 Å². The van der Waals surface area contributed by atoms with Crippen LogP contribution in [0.1, 0.15) is 23.7 Å². The first-order chi connectivity index (χ1) is 7.48. The van der Waals surface area contributed by atoms with Crippen LogP contribution in [-0.2, 0) is 5.54 Å². The average molecular weight is 232 g/mol. The fourth-order valence-electron chi connectivity index (χ4n) is 1.54. The molecule has 0 fully saturated rings. The minimum atomic E-state index is -0.359. The van der Waals surface area contributed by atoms with Gasteiger partial charge >= 0.3 is 0 Å². The molecular formula is C13H16N2S. The number of nitrogens with two attached hydrogens (primary N) is 1. The van der Waals surface area contributed by atoms with Crippen LogP contribution in [0.5, 0.6) is 0 Å². The highest BCUT2D eigenvalue weighted by Gasteiger charge is 2.20. The lowest BCUT2D eigenvalue weighted by Gasteiger charge is -2.13. The Balaban J connectivity index is 2.48. The van der Waals surface area contributed by atoms with Gasteiger partial charge in [0.1, 0.15) is 5.01 Å². The second-order valence-electron chi connectivity index (χ2n) is 4.51. The van der Waals surface area contributed by atoms with Crippen LogP contribution >= 0.6 is 11.3 Å². The van der Waals surface area contributed by atoms with Gasteiger partial charge in [0, 0.05) is 10.4 Å². The molecule has 84 valence electrons. The van der Waals surface area contributed by atoms with E-state index in [0.717, 1.165) is 16.3 Å². The van der Waals surface area contributed by atoms with Crippen LogP contribution in [0.3, 0.4) is 0 Å². The third kappa shape index (κ3) is 2.15. The van der Waals surface area contributed by atoms with Crippen LogP contribution in [0.4, 0.5) is 0 Å². The topological polar surface area (TPSA) is 38.9 Å². The Labute approximate surface area is 100 Å². The van der Waals surface area contributed by atoms with Crippen molar-refractivity contribution >= 4 is 11.3 Å². The maximum Gasteiger partial charge on any atom is 0.113 e. The first-order valence-electron chi connectivity index (χ1n) is 5.30. The van der Waals surface area contributed by atoms with Gasteiger partial charge in [0.05, 0.1) is 11.2 Å². The summed E-state index contributed by atoms with van der Waals surface area (Å²) in [5, 5.41) is 0.990. The summed E-state index contributed by atoms with van der Waals surface area (Å²) >= 11 is 1.68. The molecule has 3 heteroatoms. The van der Waals surface area contributed by atoms with Gasteiger partial charge in [-0.1, -0.05) is 30.3 Å².